The summed E-state index contributed by atoms with van der Waals surface area (Å²) in [5.74, 6) is -1.38. The molecule has 71 heavy (non-hydrogen) atoms. The molecule has 17 nitrogen and oxygen atoms in total. The van der Waals surface area contributed by atoms with E-state index in [2.05, 4.69) is 36.2 Å². The minimum absolute atomic E-state index is 0.0186. The number of halogens is 1. The highest BCUT2D eigenvalue weighted by Crippen LogP contribution is 2.55. The molecule has 2 aliphatic rings. The first-order valence-corrected chi connectivity index (χ1v) is 24.4. The molecule has 1 saturated carbocycles. The van der Waals surface area contributed by atoms with E-state index in [0.29, 0.717) is 33.3 Å². The van der Waals surface area contributed by atoms with Crippen LogP contribution in [0, 0.1) is 34.5 Å². The van der Waals surface area contributed by atoms with Gasteiger partial charge in [-0.25, -0.2) is 9.97 Å². The molecule has 19 heteroatoms. The fourth-order valence-corrected chi connectivity index (χ4v) is 10.5. The van der Waals surface area contributed by atoms with Crippen molar-refractivity contribution in [1.82, 2.24) is 41.1 Å². The molecule has 2 fully saturated rings. The Kier molecular flexibility index (Phi) is 15.2. The van der Waals surface area contributed by atoms with Crippen molar-refractivity contribution in [3.63, 3.8) is 0 Å². The lowest BCUT2D eigenvalue weighted by molar-refractivity contribution is -0.164. The van der Waals surface area contributed by atoms with Crippen LogP contribution in [0.1, 0.15) is 106 Å². The van der Waals surface area contributed by atoms with Crippen molar-refractivity contribution >= 4 is 52.5 Å². The minimum Gasteiger partial charge on any atom is -0.489 e. The van der Waals surface area contributed by atoms with E-state index < -0.39 is 70.6 Å². The third kappa shape index (κ3) is 11.5. The Bertz CT molecular complexity index is 2830. The van der Waals surface area contributed by atoms with Crippen LogP contribution in [0.5, 0.6) is 17.4 Å². The molecular formula is C52H58ClN9O8S. The van der Waals surface area contributed by atoms with Gasteiger partial charge in [-0.15, -0.1) is 11.3 Å². The third-order valence-corrected chi connectivity index (χ3v) is 14.3. The number of ether oxygens (including phenoxy) is 2. The summed E-state index contributed by atoms with van der Waals surface area (Å²) in [6, 6.07) is 17.2. The van der Waals surface area contributed by atoms with Gasteiger partial charge in [0.1, 0.15) is 35.8 Å². The highest BCUT2D eigenvalue weighted by molar-refractivity contribution is 7.13. The number of hydrogen-bond donors (Lipinski definition) is 5. The first kappa shape index (κ1) is 51.9. The van der Waals surface area contributed by atoms with Crippen molar-refractivity contribution in [1.29, 1.82) is 5.26 Å². The maximum atomic E-state index is 14.1. The molecule has 5 amide bonds. The van der Waals surface area contributed by atoms with Crippen LogP contribution in [0.4, 0.5) is 0 Å². The molecular weight excluding hydrogens is 946 g/mol. The summed E-state index contributed by atoms with van der Waals surface area (Å²) in [7, 11) is 0. The van der Waals surface area contributed by atoms with Crippen molar-refractivity contribution in [3.8, 4) is 33.9 Å². The lowest BCUT2D eigenvalue weighted by Gasteiger charge is -2.63. The Labute approximate surface area is 421 Å². The molecule has 7 rings (SSSR count). The van der Waals surface area contributed by atoms with E-state index in [9.17, 15) is 34.3 Å². The number of pyridine rings is 2. The van der Waals surface area contributed by atoms with E-state index in [0.717, 1.165) is 16.1 Å². The number of carbonyl (C=O) groups excluding carboxylic acids is 5. The van der Waals surface area contributed by atoms with Gasteiger partial charge >= 0.3 is 0 Å². The molecule has 4 atom stereocenters. The Morgan fingerprint density at radius 1 is 0.915 bits per heavy atom. The molecule has 1 aliphatic carbocycles. The molecule has 0 unspecified atom stereocenters. The zero-order valence-electron chi connectivity index (χ0n) is 41.0. The minimum atomic E-state index is -1.10. The number of nitrogens with one attached hydrogen (secondary N) is 4. The Morgan fingerprint density at radius 2 is 1.61 bits per heavy atom. The number of aryl methyl sites for hydroxylation is 1. The van der Waals surface area contributed by atoms with Crippen LogP contribution in [0.25, 0.3) is 10.4 Å². The average Bonchev–Trinajstić information content (AvgIpc) is 3.95. The molecule has 2 aromatic carbocycles. The van der Waals surface area contributed by atoms with Crippen LogP contribution in [0.15, 0.2) is 84.6 Å². The Morgan fingerprint density at radius 3 is 2.20 bits per heavy atom. The Balaban J connectivity index is 0.884. The number of hydrogen-bond acceptors (Lipinski definition) is 13. The molecule has 4 heterocycles. The molecule has 0 bridgehead atoms. The first-order chi connectivity index (χ1) is 33.5. The number of nitriles is 1. The lowest BCUT2D eigenvalue weighted by atomic mass is 9.49. The average molecular weight is 1000 g/mol. The monoisotopic (exact) mass is 1000 g/mol. The van der Waals surface area contributed by atoms with E-state index in [1.807, 2.05) is 52.8 Å². The van der Waals surface area contributed by atoms with Gasteiger partial charge < -0.3 is 40.7 Å². The van der Waals surface area contributed by atoms with E-state index in [4.69, 9.17) is 21.1 Å². The predicted molar refractivity (Wildman–Crippen MR) is 267 cm³/mol. The second-order valence-electron chi connectivity index (χ2n) is 20.2. The van der Waals surface area contributed by atoms with Crippen molar-refractivity contribution in [2.75, 3.05) is 13.1 Å². The summed E-state index contributed by atoms with van der Waals surface area (Å²) in [4.78, 5) is 83.1. The van der Waals surface area contributed by atoms with E-state index in [1.165, 1.54) is 34.6 Å². The van der Waals surface area contributed by atoms with E-state index in [-0.39, 0.29) is 42.5 Å². The molecule has 0 spiro atoms. The van der Waals surface area contributed by atoms with Gasteiger partial charge in [0.15, 0.2) is 0 Å². The van der Waals surface area contributed by atoms with Gasteiger partial charge in [0.2, 0.25) is 23.6 Å². The third-order valence-electron chi connectivity index (χ3n) is 13.1. The molecule has 0 radical (unpaired) electrons. The van der Waals surface area contributed by atoms with Crippen molar-refractivity contribution < 1.29 is 38.6 Å². The van der Waals surface area contributed by atoms with Gasteiger partial charge in [0.25, 0.3) is 11.8 Å². The number of β-amino-alcohol motifs (C(OH)–C–C–N with tert-alkyl or cyclic N) is 1. The summed E-state index contributed by atoms with van der Waals surface area (Å²) < 4.78 is 12.2. The van der Waals surface area contributed by atoms with Gasteiger partial charge in [-0.1, -0.05) is 66.1 Å². The quantitative estimate of drug-likeness (QED) is 0.0717. The van der Waals surface area contributed by atoms with Crippen LogP contribution >= 0.6 is 22.9 Å². The van der Waals surface area contributed by atoms with E-state index >= 15 is 0 Å². The molecule has 5 N–H and O–H groups in total. The van der Waals surface area contributed by atoms with E-state index in [1.54, 1.807) is 81.9 Å². The number of amides is 5. The second kappa shape index (κ2) is 20.8. The summed E-state index contributed by atoms with van der Waals surface area (Å²) in [6.07, 6.45) is 1.94. The standard InChI is InChI=1S/C52H58ClN9O8S/c1-28(38-18-13-32(23-55-38)42-29(2)58-27-71-42)59-46(67)39-20-34(63)26-62(39)47(68)43(50(3,4)5)60-40(64)25-57-44(65)30-10-15-35(16-11-30)69-41-19-14-33(24-56-41)45(66)61-48-51(6,7)49(52(48,8)9)70-36-17-12-31(22-54)37(53)21-36/h10-19,21,23-24,27-28,34,39,43,48-49,63H,20,25-26H2,1-9H3,(H,57,65)(H,59,67)(H,60,64)(H,61,66)/t28-,34+,39-,43+,48-,49-/m0/s1. The number of benzene rings is 2. The van der Waals surface area contributed by atoms with Gasteiger partial charge in [-0.05, 0) is 67.8 Å². The zero-order valence-corrected chi connectivity index (χ0v) is 42.6. The van der Waals surface area contributed by atoms with Gasteiger partial charge in [-0.3, -0.25) is 29.0 Å². The first-order valence-electron chi connectivity index (χ1n) is 23.1. The highest BCUT2D eigenvalue weighted by atomic mass is 35.5. The van der Waals surface area contributed by atoms with Crippen LogP contribution < -0.4 is 30.7 Å². The molecule has 5 aromatic rings. The van der Waals surface area contributed by atoms with Crippen LogP contribution in [-0.4, -0.2) is 97.9 Å². The van der Waals surface area contributed by atoms with Gasteiger partial charge in [-0.2, -0.15) is 5.26 Å². The van der Waals surface area contributed by atoms with Gasteiger partial charge in [0.05, 0.1) is 56.6 Å². The normalized spacial score (nSPS) is 19.8. The highest BCUT2D eigenvalue weighted by Gasteiger charge is 2.64. The van der Waals surface area contributed by atoms with Crippen molar-refractivity contribution in [2.45, 2.75) is 105 Å². The SMILES string of the molecule is Cc1ncsc1-c1ccc([C@H](C)NC(=O)[C@@H]2C[C@@H](O)CN2C(=O)[C@@H](NC(=O)CNC(=O)c2ccc(Oc3ccc(C(=O)N[C@H]4C(C)(C)[C@H](Oc5ccc(C#N)c(Cl)c5)C4(C)C)cn3)cc2)C(C)(C)C)nc1. The fourth-order valence-electron chi connectivity index (χ4n) is 9.53. The summed E-state index contributed by atoms with van der Waals surface area (Å²) in [6.45, 7) is 16.5. The summed E-state index contributed by atoms with van der Waals surface area (Å²) >= 11 is 7.75. The zero-order chi connectivity index (χ0) is 51.6. The number of rotatable bonds is 15. The maximum Gasteiger partial charge on any atom is 0.253 e. The number of likely N-dealkylation sites (tertiary alicyclic amines) is 1. The van der Waals surface area contributed by atoms with Crippen molar-refractivity contribution in [3.05, 3.63) is 118 Å². The molecule has 1 saturated heterocycles. The van der Waals surface area contributed by atoms with Crippen LogP contribution in [0.3, 0.4) is 0 Å². The fraction of sp³-hybridized carbons (Fsp3) is 0.404. The maximum absolute atomic E-state index is 14.1. The number of thiazole rings is 1. The molecule has 3 aromatic heterocycles. The van der Waals surface area contributed by atoms with Crippen LogP contribution in [0.2, 0.25) is 5.02 Å². The molecule has 1 aliphatic heterocycles. The van der Waals surface area contributed by atoms with Crippen molar-refractivity contribution in [2.24, 2.45) is 16.2 Å². The number of aliphatic hydroxyl groups excluding tert-OH is 1. The molecule has 372 valence electrons. The largest absolute Gasteiger partial charge is 0.489 e. The number of aromatic nitrogens is 3. The number of nitrogens with zero attached hydrogens (tertiary/aromatic N) is 5. The second-order valence-corrected chi connectivity index (χ2v) is 21.5. The topological polar surface area (TPSA) is 238 Å². The predicted octanol–water partition coefficient (Wildman–Crippen LogP) is 6.94. The Hall–Kier alpha value is -6.94. The summed E-state index contributed by atoms with van der Waals surface area (Å²) in [5, 5.41) is 31.6. The smallest absolute Gasteiger partial charge is 0.253 e. The summed E-state index contributed by atoms with van der Waals surface area (Å²) in [5.41, 5.74) is 3.40. The van der Waals surface area contributed by atoms with Gasteiger partial charge in [0, 0.05) is 65.5 Å². The lowest BCUT2D eigenvalue weighted by Crippen LogP contribution is -2.74. The number of carbonyl (C=O) groups is 5. The number of aliphatic hydroxyl groups is 1. The van der Waals surface area contributed by atoms with Crippen LogP contribution in [-0.2, 0) is 14.4 Å².